The average molecular weight is 294 g/mol. The van der Waals surface area contributed by atoms with Crippen LogP contribution in [-0.2, 0) is 4.79 Å². The summed E-state index contributed by atoms with van der Waals surface area (Å²) in [6.07, 6.45) is -1.01. The van der Waals surface area contributed by atoms with Crippen molar-refractivity contribution >= 4 is 17.5 Å². The third-order valence-electron chi connectivity index (χ3n) is 4.22. The van der Waals surface area contributed by atoms with Crippen molar-refractivity contribution in [3.63, 3.8) is 0 Å². The molecule has 1 unspecified atom stereocenters. The standard InChI is InChI=1S/C15H16F2N2O2/c1-15(9-6-7-9)14(21)19(8-12(16)17)11-5-3-2-4-10(11)13(20)18-15/h2-5,9,12H,6-8H2,1H3,(H,18,20). The number of nitrogens with zero attached hydrogens (tertiary/aromatic N) is 1. The predicted octanol–water partition coefficient (Wildman–Crippen LogP) is 2.20. The SMILES string of the molecule is CC1(C2CC2)NC(=O)c2ccccc2N(CC(F)F)C1=O. The zero-order valence-corrected chi connectivity index (χ0v) is 11.6. The van der Waals surface area contributed by atoms with Gasteiger partial charge >= 0.3 is 0 Å². The molecule has 1 fully saturated rings. The van der Waals surface area contributed by atoms with Gasteiger partial charge in [-0.3, -0.25) is 9.59 Å². The smallest absolute Gasteiger partial charge is 0.256 e. The number of nitrogens with one attached hydrogen (secondary N) is 1. The molecule has 1 aromatic carbocycles. The topological polar surface area (TPSA) is 49.4 Å². The van der Waals surface area contributed by atoms with Crippen LogP contribution in [0.5, 0.6) is 0 Å². The molecule has 112 valence electrons. The van der Waals surface area contributed by atoms with E-state index in [1.165, 1.54) is 6.07 Å². The minimum Gasteiger partial charge on any atom is -0.338 e. The van der Waals surface area contributed by atoms with Gasteiger partial charge in [-0.25, -0.2) is 8.78 Å². The van der Waals surface area contributed by atoms with Crippen LogP contribution in [0.15, 0.2) is 24.3 Å². The van der Waals surface area contributed by atoms with Crippen molar-refractivity contribution in [3.05, 3.63) is 29.8 Å². The van der Waals surface area contributed by atoms with Crippen LogP contribution >= 0.6 is 0 Å². The van der Waals surface area contributed by atoms with Gasteiger partial charge in [0, 0.05) is 0 Å². The Hall–Kier alpha value is -1.98. The predicted molar refractivity (Wildman–Crippen MR) is 73.4 cm³/mol. The van der Waals surface area contributed by atoms with E-state index in [4.69, 9.17) is 0 Å². The molecule has 2 amide bonds. The van der Waals surface area contributed by atoms with Gasteiger partial charge < -0.3 is 10.2 Å². The number of amides is 2. The largest absolute Gasteiger partial charge is 0.338 e. The molecule has 1 atom stereocenters. The van der Waals surface area contributed by atoms with Gasteiger partial charge in [-0.2, -0.15) is 0 Å². The Bertz CT molecular complexity index is 601. The summed E-state index contributed by atoms with van der Waals surface area (Å²) in [5.41, 5.74) is -0.592. The van der Waals surface area contributed by atoms with Crippen LogP contribution in [0.1, 0.15) is 30.1 Å². The second-order valence-electron chi connectivity index (χ2n) is 5.75. The Morgan fingerprint density at radius 2 is 2.00 bits per heavy atom. The molecule has 1 heterocycles. The Morgan fingerprint density at radius 3 is 2.62 bits per heavy atom. The van der Waals surface area contributed by atoms with Crippen molar-refractivity contribution in [2.24, 2.45) is 5.92 Å². The molecule has 0 aromatic heterocycles. The Kier molecular flexibility index (Phi) is 3.19. The Morgan fingerprint density at radius 1 is 1.33 bits per heavy atom. The zero-order chi connectivity index (χ0) is 15.2. The van der Waals surface area contributed by atoms with E-state index in [9.17, 15) is 18.4 Å². The first-order valence-electron chi connectivity index (χ1n) is 6.95. The van der Waals surface area contributed by atoms with Gasteiger partial charge in [0.25, 0.3) is 18.2 Å². The van der Waals surface area contributed by atoms with Gasteiger partial charge in [-0.05, 0) is 37.8 Å². The maximum Gasteiger partial charge on any atom is 0.256 e. The zero-order valence-electron chi connectivity index (χ0n) is 11.6. The first-order valence-corrected chi connectivity index (χ1v) is 6.95. The number of fused-ring (bicyclic) bond motifs is 1. The highest BCUT2D eigenvalue weighted by molar-refractivity contribution is 6.12. The summed E-state index contributed by atoms with van der Waals surface area (Å²) in [5.74, 6) is -0.822. The van der Waals surface area contributed by atoms with Crippen molar-refractivity contribution in [2.75, 3.05) is 11.4 Å². The van der Waals surface area contributed by atoms with E-state index in [0.717, 1.165) is 17.7 Å². The van der Waals surface area contributed by atoms with E-state index in [1.54, 1.807) is 25.1 Å². The lowest BCUT2D eigenvalue weighted by atomic mass is 9.94. The first kappa shape index (κ1) is 14.0. The van der Waals surface area contributed by atoms with E-state index in [0.29, 0.717) is 0 Å². The van der Waals surface area contributed by atoms with Crippen LogP contribution in [-0.4, -0.2) is 30.3 Å². The van der Waals surface area contributed by atoms with Crippen molar-refractivity contribution in [1.82, 2.24) is 5.32 Å². The number of hydrogen-bond donors (Lipinski definition) is 1. The number of hydrogen-bond acceptors (Lipinski definition) is 2. The fraction of sp³-hybridized carbons (Fsp3) is 0.467. The molecule has 0 bridgehead atoms. The van der Waals surface area contributed by atoms with Crippen molar-refractivity contribution in [1.29, 1.82) is 0 Å². The van der Waals surface area contributed by atoms with E-state index >= 15 is 0 Å². The molecular weight excluding hydrogens is 278 g/mol. The number of alkyl halides is 2. The molecule has 4 nitrogen and oxygen atoms in total. The molecular formula is C15H16F2N2O2. The first-order chi connectivity index (χ1) is 9.93. The van der Waals surface area contributed by atoms with E-state index < -0.39 is 24.4 Å². The number of benzene rings is 1. The lowest BCUT2D eigenvalue weighted by molar-refractivity contribution is -0.125. The molecule has 1 aliphatic carbocycles. The molecule has 1 aliphatic heterocycles. The molecule has 0 radical (unpaired) electrons. The van der Waals surface area contributed by atoms with Crippen LogP contribution in [0.3, 0.4) is 0 Å². The van der Waals surface area contributed by atoms with Crippen LogP contribution in [0.25, 0.3) is 0 Å². The molecule has 1 aromatic rings. The summed E-state index contributed by atoms with van der Waals surface area (Å²) in [4.78, 5) is 26.2. The summed E-state index contributed by atoms with van der Waals surface area (Å²) in [6, 6.07) is 6.38. The van der Waals surface area contributed by atoms with Crippen LogP contribution in [0, 0.1) is 5.92 Å². The number of carbonyl (C=O) groups excluding carboxylic acids is 2. The van der Waals surface area contributed by atoms with Gasteiger partial charge in [0.1, 0.15) is 5.54 Å². The summed E-state index contributed by atoms with van der Waals surface area (Å²) in [6.45, 7) is 0.933. The second-order valence-corrected chi connectivity index (χ2v) is 5.75. The minimum absolute atomic E-state index is 0.0171. The average Bonchev–Trinajstić information content (AvgIpc) is 3.28. The molecule has 6 heteroatoms. The van der Waals surface area contributed by atoms with Crippen LogP contribution < -0.4 is 10.2 Å². The highest BCUT2D eigenvalue weighted by Crippen LogP contribution is 2.43. The highest BCUT2D eigenvalue weighted by Gasteiger charge is 2.52. The minimum atomic E-state index is -2.65. The van der Waals surface area contributed by atoms with Gasteiger partial charge in [0.2, 0.25) is 0 Å². The third-order valence-corrected chi connectivity index (χ3v) is 4.22. The Labute approximate surface area is 121 Å². The van der Waals surface area contributed by atoms with Crippen LogP contribution in [0.2, 0.25) is 0 Å². The van der Waals surface area contributed by atoms with Gasteiger partial charge in [0.05, 0.1) is 17.8 Å². The lowest BCUT2D eigenvalue weighted by Crippen LogP contribution is -2.58. The number of carbonyl (C=O) groups is 2. The van der Waals surface area contributed by atoms with Gasteiger partial charge in [-0.15, -0.1) is 0 Å². The molecule has 3 rings (SSSR count). The maximum atomic E-state index is 12.9. The van der Waals surface area contributed by atoms with E-state index in [1.807, 2.05) is 0 Å². The molecule has 2 aliphatic rings. The highest BCUT2D eigenvalue weighted by atomic mass is 19.3. The summed E-state index contributed by atoms with van der Waals surface area (Å²) >= 11 is 0. The number of halogens is 2. The van der Waals surface area contributed by atoms with Gasteiger partial charge in [0.15, 0.2) is 0 Å². The molecule has 0 saturated heterocycles. The van der Waals surface area contributed by atoms with Gasteiger partial charge in [-0.1, -0.05) is 12.1 Å². The number of para-hydroxylation sites is 1. The fourth-order valence-electron chi connectivity index (χ4n) is 2.90. The normalized spacial score (nSPS) is 25.6. The lowest BCUT2D eigenvalue weighted by Gasteiger charge is -2.32. The number of rotatable bonds is 3. The van der Waals surface area contributed by atoms with E-state index in [2.05, 4.69) is 5.32 Å². The summed E-state index contributed by atoms with van der Waals surface area (Å²) in [7, 11) is 0. The second kappa shape index (κ2) is 4.79. The molecule has 21 heavy (non-hydrogen) atoms. The molecule has 1 N–H and O–H groups in total. The fourth-order valence-corrected chi connectivity index (χ4v) is 2.90. The Balaban J connectivity index is 2.10. The third kappa shape index (κ3) is 2.28. The molecule has 1 saturated carbocycles. The summed E-state index contributed by atoms with van der Waals surface area (Å²) in [5, 5.41) is 2.75. The molecule has 0 spiro atoms. The van der Waals surface area contributed by atoms with Crippen molar-refractivity contribution < 1.29 is 18.4 Å². The maximum absolute atomic E-state index is 12.9. The summed E-state index contributed by atoms with van der Waals surface area (Å²) < 4.78 is 25.8. The monoisotopic (exact) mass is 294 g/mol. The van der Waals surface area contributed by atoms with Crippen molar-refractivity contribution in [2.45, 2.75) is 31.7 Å². The quantitative estimate of drug-likeness (QED) is 0.929. The number of anilines is 1. The van der Waals surface area contributed by atoms with E-state index in [-0.39, 0.29) is 23.1 Å². The van der Waals surface area contributed by atoms with Crippen LogP contribution in [0.4, 0.5) is 14.5 Å². The van der Waals surface area contributed by atoms with Crippen molar-refractivity contribution in [3.8, 4) is 0 Å².